The van der Waals surface area contributed by atoms with E-state index in [-0.39, 0.29) is 5.78 Å². The Labute approximate surface area is 140 Å². The molecule has 0 aliphatic heterocycles. The van der Waals surface area contributed by atoms with Crippen LogP contribution in [-0.4, -0.2) is 31.7 Å². The molecular formula is C18H19N3O3. The van der Waals surface area contributed by atoms with E-state index in [0.717, 1.165) is 5.69 Å². The van der Waals surface area contributed by atoms with Crippen LogP contribution in [0.25, 0.3) is 0 Å². The zero-order valence-corrected chi connectivity index (χ0v) is 13.8. The summed E-state index contributed by atoms with van der Waals surface area (Å²) in [5.74, 6) is -1.60. The Kier molecular flexibility index (Phi) is 5.31. The fraction of sp³-hybridized carbons (Fsp3) is 0.167. The number of hydrogen-bond acceptors (Lipinski definition) is 4. The molecule has 2 N–H and O–H groups in total. The van der Waals surface area contributed by atoms with E-state index < -0.39 is 11.8 Å². The predicted molar refractivity (Wildman–Crippen MR) is 94.5 cm³/mol. The van der Waals surface area contributed by atoms with Crippen LogP contribution in [0.15, 0.2) is 48.5 Å². The number of anilines is 3. The minimum atomic E-state index is -0.777. The molecule has 0 aliphatic carbocycles. The smallest absolute Gasteiger partial charge is 0.314 e. The third-order valence-electron chi connectivity index (χ3n) is 3.38. The van der Waals surface area contributed by atoms with Gasteiger partial charge in [-0.1, -0.05) is 6.07 Å². The molecular weight excluding hydrogens is 306 g/mol. The Morgan fingerprint density at radius 1 is 0.833 bits per heavy atom. The van der Waals surface area contributed by atoms with Gasteiger partial charge in [-0.15, -0.1) is 0 Å². The molecule has 6 nitrogen and oxygen atoms in total. The predicted octanol–water partition coefficient (Wildman–Crippen LogP) is 2.53. The fourth-order valence-electron chi connectivity index (χ4n) is 2.03. The highest BCUT2D eigenvalue weighted by Gasteiger charge is 2.14. The first-order valence-electron chi connectivity index (χ1n) is 7.37. The van der Waals surface area contributed by atoms with E-state index in [1.54, 1.807) is 42.5 Å². The second-order valence-electron chi connectivity index (χ2n) is 5.49. The van der Waals surface area contributed by atoms with Crippen molar-refractivity contribution in [3.63, 3.8) is 0 Å². The van der Waals surface area contributed by atoms with Gasteiger partial charge in [0.1, 0.15) is 0 Å². The summed E-state index contributed by atoms with van der Waals surface area (Å²) in [5, 5.41) is 5.05. The Morgan fingerprint density at radius 3 is 1.96 bits per heavy atom. The second-order valence-corrected chi connectivity index (χ2v) is 5.49. The molecule has 124 valence electrons. The Bertz CT molecular complexity index is 767. The number of ketones is 1. The largest absolute Gasteiger partial charge is 0.378 e. The Morgan fingerprint density at radius 2 is 1.42 bits per heavy atom. The van der Waals surface area contributed by atoms with Crippen molar-refractivity contribution in [3.05, 3.63) is 54.1 Å². The van der Waals surface area contributed by atoms with Crippen LogP contribution < -0.4 is 15.5 Å². The molecule has 0 aromatic heterocycles. The molecule has 0 radical (unpaired) electrons. The second kappa shape index (κ2) is 7.41. The number of carbonyl (C=O) groups is 3. The highest BCUT2D eigenvalue weighted by molar-refractivity contribution is 6.43. The van der Waals surface area contributed by atoms with Crippen LogP contribution in [0, 0.1) is 0 Å². The van der Waals surface area contributed by atoms with Crippen molar-refractivity contribution < 1.29 is 14.4 Å². The number of benzene rings is 2. The van der Waals surface area contributed by atoms with E-state index in [9.17, 15) is 14.4 Å². The van der Waals surface area contributed by atoms with Gasteiger partial charge in [-0.2, -0.15) is 0 Å². The molecule has 2 aromatic carbocycles. The van der Waals surface area contributed by atoms with Crippen LogP contribution in [-0.2, 0) is 9.59 Å². The van der Waals surface area contributed by atoms with Crippen molar-refractivity contribution in [3.8, 4) is 0 Å². The molecule has 0 atom stereocenters. The minimum absolute atomic E-state index is 0.0635. The summed E-state index contributed by atoms with van der Waals surface area (Å²) in [7, 11) is 3.77. The maximum atomic E-state index is 12.0. The number of carbonyl (C=O) groups excluding carboxylic acids is 3. The summed E-state index contributed by atoms with van der Waals surface area (Å²) in [6.07, 6.45) is 0. The third-order valence-corrected chi connectivity index (χ3v) is 3.38. The molecule has 0 unspecified atom stereocenters. The van der Waals surface area contributed by atoms with Gasteiger partial charge in [-0.25, -0.2) is 0 Å². The molecule has 6 heteroatoms. The van der Waals surface area contributed by atoms with Crippen LogP contribution in [0.5, 0.6) is 0 Å². The first kappa shape index (κ1) is 17.2. The Hall–Kier alpha value is -3.15. The summed E-state index contributed by atoms with van der Waals surface area (Å²) in [6.45, 7) is 1.46. The minimum Gasteiger partial charge on any atom is -0.378 e. The maximum Gasteiger partial charge on any atom is 0.314 e. The zero-order valence-electron chi connectivity index (χ0n) is 13.8. The van der Waals surface area contributed by atoms with Gasteiger partial charge < -0.3 is 15.5 Å². The normalized spacial score (nSPS) is 9.96. The molecule has 2 rings (SSSR count). The molecule has 0 bridgehead atoms. The third kappa shape index (κ3) is 4.42. The fourth-order valence-corrected chi connectivity index (χ4v) is 2.03. The van der Waals surface area contributed by atoms with Gasteiger partial charge in [-0.3, -0.25) is 14.4 Å². The first-order valence-corrected chi connectivity index (χ1v) is 7.37. The number of rotatable bonds is 4. The lowest BCUT2D eigenvalue weighted by atomic mass is 10.1. The van der Waals surface area contributed by atoms with Gasteiger partial charge in [0.25, 0.3) is 0 Å². The van der Waals surface area contributed by atoms with Gasteiger partial charge in [0.2, 0.25) is 0 Å². The lowest BCUT2D eigenvalue weighted by molar-refractivity contribution is -0.132. The summed E-state index contributed by atoms with van der Waals surface area (Å²) >= 11 is 0. The summed E-state index contributed by atoms with van der Waals surface area (Å²) in [6, 6.07) is 13.5. The number of hydrogen-bond donors (Lipinski definition) is 2. The van der Waals surface area contributed by atoms with Gasteiger partial charge >= 0.3 is 11.8 Å². The van der Waals surface area contributed by atoms with Gasteiger partial charge in [-0.05, 0) is 49.4 Å². The highest BCUT2D eigenvalue weighted by atomic mass is 16.2. The molecule has 2 aromatic rings. The van der Waals surface area contributed by atoms with Crippen LogP contribution >= 0.6 is 0 Å². The zero-order chi connectivity index (χ0) is 17.7. The molecule has 24 heavy (non-hydrogen) atoms. The number of Topliss-reactive ketones (excluding diaryl/α,β-unsaturated/α-hetero) is 1. The SMILES string of the molecule is CC(=O)c1ccc(NC(=O)C(=O)Nc2cccc(N(C)C)c2)cc1. The topological polar surface area (TPSA) is 78.5 Å². The molecule has 0 saturated heterocycles. The first-order chi connectivity index (χ1) is 11.4. The van der Waals surface area contributed by atoms with E-state index in [1.807, 2.05) is 25.1 Å². The summed E-state index contributed by atoms with van der Waals surface area (Å²) in [4.78, 5) is 37.0. The van der Waals surface area contributed by atoms with E-state index in [1.165, 1.54) is 6.92 Å². The van der Waals surface area contributed by atoms with Crippen molar-refractivity contribution in [2.75, 3.05) is 29.6 Å². The van der Waals surface area contributed by atoms with Crippen molar-refractivity contribution >= 4 is 34.7 Å². The number of nitrogens with one attached hydrogen (secondary N) is 2. The molecule has 0 saturated carbocycles. The highest BCUT2D eigenvalue weighted by Crippen LogP contribution is 2.17. The number of nitrogens with zero attached hydrogens (tertiary/aromatic N) is 1. The van der Waals surface area contributed by atoms with Crippen molar-refractivity contribution in [2.24, 2.45) is 0 Å². The van der Waals surface area contributed by atoms with E-state index in [4.69, 9.17) is 0 Å². The molecule has 0 heterocycles. The summed E-state index contributed by atoms with van der Waals surface area (Å²) in [5.41, 5.74) is 2.43. The Balaban J connectivity index is 2.00. The van der Waals surface area contributed by atoms with Crippen LogP contribution in [0.2, 0.25) is 0 Å². The van der Waals surface area contributed by atoms with Crippen LogP contribution in [0.1, 0.15) is 17.3 Å². The maximum absolute atomic E-state index is 12.0. The van der Waals surface area contributed by atoms with E-state index in [0.29, 0.717) is 16.9 Å². The van der Waals surface area contributed by atoms with E-state index in [2.05, 4.69) is 10.6 Å². The molecule has 0 aliphatic rings. The lowest BCUT2D eigenvalue weighted by Gasteiger charge is -2.14. The van der Waals surface area contributed by atoms with Crippen molar-refractivity contribution in [1.82, 2.24) is 0 Å². The summed E-state index contributed by atoms with van der Waals surface area (Å²) < 4.78 is 0. The molecule has 0 spiro atoms. The lowest BCUT2D eigenvalue weighted by Crippen LogP contribution is -2.29. The standard InChI is InChI=1S/C18H19N3O3/c1-12(22)13-7-9-14(10-8-13)19-17(23)18(24)20-15-5-4-6-16(11-15)21(2)3/h4-11H,1-3H3,(H,19,23)(H,20,24). The van der Waals surface area contributed by atoms with Gasteiger partial charge in [0.05, 0.1) is 0 Å². The van der Waals surface area contributed by atoms with E-state index >= 15 is 0 Å². The molecule has 0 fully saturated rings. The van der Waals surface area contributed by atoms with Gasteiger partial charge in [0.15, 0.2) is 5.78 Å². The number of amides is 2. The van der Waals surface area contributed by atoms with Crippen molar-refractivity contribution in [1.29, 1.82) is 0 Å². The van der Waals surface area contributed by atoms with Crippen LogP contribution in [0.3, 0.4) is 0 Å². The van der Waals surface area contributed by atoms with Crippen LogP contribution in [0.4, 0.5) is 17.1 Å². The average Bonchev–Trinajstić information content (AvgIpc) is 2.55. The molecule has 2 amide bonds. The van der Waals surface area contributed by atoms with Crippen molar-refractivity contribution in [2.45, 2.75) is 6.92 Å². The quantitative estimate of drug-likeness (QED) is 0.669. The average molecular weight is 325 g/mol. The monoisotopic (exact) mass is 325 g/mol. The van der Waals surface area contributed by atoms with Gasteiger partial charge in [0, 0.05) is 36.7 Å².